The molecule has 582 valence electrons. The SMILES string of the molecule is Cc1ccc2c(c1)B1c3ccccc3N(c3ccccc3)c3cccc-2c31.Cc1cccc2c1B1c3ccccc3N(c3ccccc3)c3cccc-2c31.[B]1B2B3[BH2-]P123NP12(c3cc4c5c(c3)N(c3ccccc3)c3ccccc3B5c3ccccc3-4)B3[BH2-]B1B32.[B]1B2B3[BH2-]P123NP12(c3ccc4c5c3-c3ccccc3B5c3ccccc3N4c3ccccc3)B3[BH2-]B1B32. The fraction of sp³-hybridized carbons (Fsp3) is 0.0204. The molecule has 16 aromatic rings. The molecule has 128 heavy (non-hydrogen) atoms. The van der Waals surface area contributed by atoms with Gasteiger partial charge in [0.05, 0.1) is 0 Å². The minimum absolute atomic E-state index is 0.312. The van der Waals surface area contributed by atoms with E-state index < -0.39 is 25.3 Å². The third-order valence-electron chi connectivity index (χ3n) is 40.0. The first-order valence-corrected chi connectivity index (χ1v) is 59.2. The molecule has 16 aromatic carbocycles. The van der Waals surface area contributed by atoms with Crippen molar-refractivity contribution in [2.24, 2.45) is 0 Å². The number of anilines is 12. The van der Waals surface area contributed by atoms with Crippen LogP contribution in [0.1, 0.15) is 11.1 Å². The fourth-order valence-corrected chi connectivity index (χ4v) is 83.7. The zero-order chi connectivity index (χ0) is 83.0. The summed E-state index contributed by atoms with van der Waals surface area (Å²) in [7, 11) is 0.627. The Hall–Kier alpha value is -10.3. The topological polar surface area (TPSA) is 37.0 Å². The molecule has 6 nitrogen and oxygen atoms in total. The second-order valence-electron chi connectivity index (χ2n) is 43.7. The summed E-state index contributed by atoms with van der Waals surface area (Å²) >= 11 is 0. The van der Waals surface area contributed by atoms with Gasteiger partial charge in [0.15, 0.2) is 0 Å². The van der Waals surface area contributed by atoms with Crippen molar-refractivity contribution in [2.45, 2.75) is 13.8 Å². The fourth-order valence-electron chi connectivity index (χ4n) is 33.5. The summed E-state index contributed by atoms with van der Waals surface area (Å²) < 4.78 is 0. The molecule has 14 fully saturated rings. The molecule has 0 atom stereocenters. The molecule has 0 amide bonds. The maximum absolute atomic E-state index is 4.88. The number of hydrogen-bond acceptors (Lipinski definition) is 6. The van der Waals surface area contributed by atoms with Gasteiger partial charge in [0.25, 0.3) is 0 Å². The molecular weight excluding hydrogens is 1600 g/mol. The molecule has 30 heteroatoms. The van der Waals surface area contributed by atoms with Crippen molar-refractivity contribution < 1.29 is 0 Å². The van der Waals surface area contributed by atoms with Crippen LogP contribution in [0.5, 0.6) is 0 Å². The Kier molecular flexibility index (Phi) is 12.9. The van der Waals surface area contributed by atoms with Gasteiger partial charge in [-0.1, -0.05) is 156 Å². The molecule has 14 saturated heterocycles. The monoisotopic (exact) mass is 1680 g/mol. The standard InChI is InChI=1S/2C25H18BN.2C24H20B9N2P2/c1-17-9-7-12-19-20-13-8-16-23-25(20)26(24(17)19)21-14-5-6-15-22(21)27(23)18-10-3-2-4-11-18;1-17-14-15-19-20-10-7-13-24-25(20)26(22(19)16-17)21-11-5-6-12-23(21)27(24)18-8-3-2-4-9-18;1-2-8-16(9-3-1)35-22-13-7-6-12-21(22)28-20-11-5-4-10-18(20)19-14-17(15-23(35)24(19)28)36(29-25-30(36)33(29)36)34-37-26-31(37)32(37)27-37;1-2-8-16(9-3-1)35-20-13-7-6-12-19(20)28-18-11-5-4-10-17(18)23-22(15-14-21(35)24(23)28)36(29-25-30(36)33(29)36)34-37-26-31(37)32(37)27-37/h2*2-16H,1H3;2*1-15,34H,25-26H2/q;;2*-2. The summed E-state index contributed by atoms with van der Waals surface area (Å²) in [6.07, 6.45) is 5.34. The van der Waals surface area contributed by atoms with Crippen molar-refractivity contribution >= 4 is 300 Å². The van der Waals surface area contributed by atoms with Crippen LogP contribution in [0, 0.1) is 13.8 Å². The Morgan fingerprint density at radius 2 is 0.625 bits per heavy atom. The van der Waals surface area contributed by atoms with Gasteiger partial charge in [0, 0.05) is 34.1 Å². The normalized spacial score (nSPS) is 21.4. The molecule has 2 spiro atoms. The third kappa shape index (κ3) is 8.01. The third-order valence-corrected chi connectivity index (χ3v) is 75.7. The number of fused-ring (bicyclic) bond motifs is 22. The molecule has 0 aliphatic carbocycles. The van der Waals surface area contributed by atoms with E-state index in [9.17, 15) is 0 Å². The van der Waals surface area contributed by atoms with Crippen molar-refractivity contribution in [3.05, 3.63) is 375 Å². The second-order valence-corrected chi connectivity index (χ2v) is 67.8. The zero-order valence-corrected chi connectivity index (χ0v) is 76.0. The summed E-state index contributed by atoms with van der Waals surface area (Å²) in [5, 5.41) is 3.67. The second kappa shape index (κ2) is 23.1. The van der Waals surface area contributed by atoms with Crippen LogP contribution >= 0.6 is 25.3 Å². The van der Waals surface area contributed by atoms with Crippen LogP contribution in [-0.2, 0) is 0 Å². The van der Waals surface area contributed by atoms with Gasteiger partial charge in [-0.3, -0.25) is 0 Å². The van der Waals surface area contributed by atoms with Crippen LogP contribution in [0.4, 0.5) is 68.2 Å². The van der Waals surface area contributed by atoms with Crippen LogP contribution < -0.4 is 105 Å². The van der Waals surface area contributed by atoms with Crippen LogP contribution in [0.15, 0.2) is 364 Å². The van der Waals surface area contributed by atoms with Gasteiger partial charge in [-0.05, 0) is 106 Å². The Labute approximate surface area is 757 Å². The van der Waals surface area contributed by atoms with E-state index in [2.05, 4.69) is 411 Å². The molecule has 0 aromatic heterocycles. The molecule has 4 bridgehead atoms. The molecule has 0 saturated carbocycles. The summed E-state index contributed by atoms with van der Waals surface area (Å²) in [5.74, 6) is 0. The first-order chi connectivity index (χ1) is 63.1. The summed E-state index contributed by atoms with van der Waals surface area (Å²) in [6, 6.07) is 137. The molecule has 22 aliphatic rings. The Morgan fingerprint density at radius 1 is 0.266 bits per heavy atom. The molecule has 22 aliphatic heterocycles. The molecule has 2 radical (unpaired) electrons. The summed E-state index contributed by atoms with van der Waals surface area (Å²) in [6.45, 7) is 12.3. The van der Waals surface area contributed by atoms with Crippen LogP contribution in [0.2, 0.25) is 0 Å². The maximum atomic E-state index is 4.88. The molecular formula is C98H76B20N6P4-4. The van der Waals surface area contributed by atoms with E-state index >= 15 is 0 Å². The number of rotatable bonds is 10. The van der Waals surface area contributed by atoms with Crippen molar-refractivity contribution in [2.75, 3.05) is 19.6 Å². The average Bonchev–Trinajstić information content (AvgIpc) is 1.33. The van der Waals surface area contributed by atoms with Crippen LogP contribution in [0.25, 0.3) is 44.5 Å². The van der Waals surface area contributed by atoms with Gasteiger partial charge in [-0.2, -0.15) is 0 Å². The number of benzene rings is 16. The van der Waals surface area contributed by atoms with Gasteiger partial charge in [-0.15, -0.1) is 0 Å². The predicted octanol–water partition coefficient (Wildman–Crippen LogP) is 9.05. The van der Waals surface area contributed by atoms with E-state index in [0.29, 0.717) is 54.8 Å². The predicted molar refractivity (Wildman–Crippen MR) is 591 cm³/mol. The van der Waals surface area contributed by atoms with E-state index in [0.717, 1.165) is 49.7 Å². The molecule has 2 N–H and O–H groups in total. The van der Waals surface area contributed by atoms with E-state index in [1.807, 2.05) is 10.6 Å². The van der Waals surface area contributed by atoms with Gasteiger partial charge in [0.2, 0.25) is 13.4 Å². The van der Waals surface area contributed by atoms with Gasteiger partial charge < -0.3 is 9.80 Å². The van der Waals surface area contributed by atoms with Crippen molar-refractivity contribution in [1.82, 2.24) is 9.72 Å². The van der Waals surface area contributed by atoms with Crippen LogP contribution in [-0.4, -0.2) is 131 Å². The molecule has 22 heterocycles. The van der Waals surface area contributed by atoms with E-state index in [-0.39, 0.29) is 0 Å². The van der Waals surface area contributed by atoms with Gasteiger partial charge >= 0.3 is 444 Å². The summed E-state index contributed by atoms with van der Waals surface area (Å²) in [4.78, 5) is 19.7. The summed E-state index contributed by atoms with van der Waals surface area (Å²) in [5.41, 5.74) is 48.0. The molecule has 38 rings (SSSR count). The van der Waals surface area contributed by atoms with Gasteiger partial charge in [0.1, 0.15) is 0 Å². The van der Waals surface area contributed by atoms with E-state index in [1.165, 1.54) is 169 Å². The number of nitrogens with zero attached hydrogens (tertiary/aromatic N) is 4. The first kappa shape index (κ1) is 71.5. The number of para-hydroxylation sites is 8. The number of hydrogen-bond donors (Lipinski definition) is 2. The zero-order valence-electron chi connectivity index (χ0n) is 72.5. The Morgan fingerprint density at radius 3 is 1.10 bits per heavy atom. The average molecular weight is 1680 g/mol. The van der Waals surface area contributed by atoms with Crippen molar-refractivity contribution in [3.8, 4) is 44.5 Å². The van der Waals surface area contributed by atoms with E-state index in [4.69, 9.17) is 9.72 Å². The number of nitrogens with one attached hydrogen (secondary N) is 2. The quantitative estimate of drug-likeness (QED) is 0.105. The van der Waals surface area contributed by atoms with Crippen LogP contribution in [0.3, 0.4) is 0 Å². The Bertz CT molecular complexity index is 7860. The van der Waals surface area contributed by atoms with Gasteiger partial charge in [-0.25, -0.2) is 0 Å². The first-order valence-electron chi connectivity index (χ1n) is 48.5. The minimum atomic E-state index is -1.85. The van der Waals surface area contributed by atoms with E-state index in [1.54, 1.807) is 33.1 Å². The Balaban J connectivity index is 0.0000000795. The van der Waals surface area contributed by atoms with Crippen molar-refractivity contribution in [3.63, 3.8) is 0 Å². The molecule has 0 unspecified atom stereocenters. The number of aryl methyl sites for hydroxylation is 2. The van der Waals surface area contributed by atoms with Crippen molar-refractivity contribution in [1.29, 1.82) is 0 Å².